The molecule has 0 saturated heterocycles. The van der Waals surface area contributed by atoms with E-state index in [2.05, 4.69) is 11.7 Å². The van der Waals surface area contributed by atoms with Crippen molar-refractivity contribution in [3.05, 3.63) is 24.5 Å². The highest BCUT2D eigenvalue weighted by Crippen LogP contribution is 2.26. The summed E-state index contributed by atoms with van der Waals surface area (Å²) in [5.74, 6) is -0.0764. The molecule has 1 aliphatic rings. The van der Waals surface area contributed by atoms with Gasteiger partial charge in [-0.2, -0.15) is 5.10 Å². The third-order valence-corrected chi connectivity index (χ3v) is 2.63. The van der Waals surface area contributed by atoms with Crippen LogP contribution in [-0.2, 0) is 17.9 Å². The number of aromatic nitrogens is 2. The average molecular weight is 206 g/mol. The van der Waals surface area contributed by atoms with Gasteiger partial charge in [0.25, 0.3) is 0 Å². The summed E-state index contributed by atoms with van der Waals surface area (Å²) in [6.07, 6.45) is 4.89. The zero-order valence-corrected chi connectivity index (χ0v) is 8.52. The molecule has 0 spiro atoms. The number of hydrogen-bond acceptors (Lipinski definition) is 3. The zero-order valence-electron chi connectivity index (χ0n) is 8.52. The average Bonchev–Trinajstić information content (AvgIpc) is 2.70. The van der Waals surface area contributed by atoms with Crippen molar-refractivity contribution in [1.82, 2.24) is 9.78 Å². The molecule has 0 radical (unpaired) electrons. The van der Waals surface area contributed by atoms with E-state index in [1.54, 1.807) is 15.8 Å². The van der Waals surface area contributed by atoms with Crippen LogP contribution in [-0.4, -0.2) is 22.2 Å². The minimum Gasteiger partial charge on any atom is -0.312 e. The van der Waals surface area contributed by atoms with Gasteiger partial charge in [-0.05, 0) is 18.9 Å². The van der Waals surface area contributed by atoms with Crippen molar-refractivity contribution in [3.63, 3.8) is 0 Å². The van der Waals surface area contributed by atoms with E-state index in [1.807, 2.05) is 0 Å². The van der Waals surface area contributed by atoms with Gasteiger partial charge in [0.05, 0.1) is 24.2 Å². The first-order chi connectivity index (χ1) is 7.27. The molecule has 15 heavy (non-hydrogen) atoms. The van der Waals surface area contributed by atoms with Crippen molar-refractivity contribution in [3.8, 4) is 0 Å². The van der Waals surface area contributed by atoms with Gasteiger partial charge in [0.1, 0.15) is 0 Å². The van der Waals surface area contributed by atoms with Crippen LogP contribution in [0.25, 0.3) is 0 Å². The highest BCUT2D eigenvalue weighted by atomic mass is 16.2. The van der Waals surface area contributed by atoms with Crippen molar-refractivity contribution >= 4 is 11.6 Å². The van der Waals surface area contributed by atoms with E-state index in [0.717, 1.165) is 30.8 Å². The molecule has 1 aromatic rings. The summed E-state index contributed by atoms with van der Waals surface area (Å²) in [5.41, 5.74) is 7.46. The SMILES string of the molecule is C=CC(=O)N1CCCc2c1cnn2CN. The Morgan fingerprint density at radius 2 is 2.53 bits per heavy atom. The van der Waals surface area contributed by atoms with Crippen LogP contribution in [0, 0.1) is 0 Å². The van der Waals surface area contributed by atoms with Crippen molar-refractivity contribution in [2.24, 2.45) is 5.73 Å². The van der Waals surface area contributed by atoms with Crippen molar-refractivity contribution in [2.45, 2.75) is 19.5 Å². The molecule has 5 nitrogen and oxygen atoms in total. The molecule has 0 bridgehead atoms. The largest absolute Gasteiger partial charge is 0.312 e. The van der Waals surface area contributed by atoms with Gasteiger partial charge in [-0.15, -0.1) is 0 Å². The van der Waals surface area contributed by atoms with Gasteiger partial charge in [-0.3, -0.25) is 9.48 Å². The summed E-state index contributed by atoms with van der Waals surface area (Å²) in [6.45, 7) is 4.58. The third kappa shape index (κ3) is 1.55. The molecule has 2 heterocycles. The van der Waals surface area contributed by atoms with E-state index in [4.69, 9.17) is 5.73 Å². The summed E-state index contributed by atoms with van der Waals surface area (Å²) in [7, 11) is 0. The maximum Gasteiger partial charge on any atom is 0.250 e. The Hall–Kier alpha value is -1.62. The van der Waals surface area contributed by atoms with Gasteiger partial charge >= 0.3 is 0 Å². The van der Waals surface area contributed by atoms with Crippen LogP contribution in [0.5, 0.6) is 0 Å². The fourth-order valence-electron chi connectivity index (χ4n) is 1.90. The lowest BCUT2D eigenvalue weighted by Crippen LogP contribution is -2.34. The molecule has 2 N–H and O–H groups in total. The Balaban J connectivity index is 2.39. The molecule has 0 aromatic carbocycles. The summed E-state index contributed by atoms with van der Waals surface area (Å²) in [5, 5.41) is 4.15. The molecular formula is C10H14N4O. The van der Waals surface area contributed by atoms with Crippen molar-refractivity contribution in [2.75, 3.05) is 11.4 Å². The Labute approximate surface area is 88.2 Å². The maximum absolute atomic E-state index is 11.6. The van der Waals surface area contributed by atoms with E-state index >= 15 is 0 Å². The molecule has 80 valence electrons. The summed E-state index contributed by atoms with van der Waals surface area (Å²) in [4.78, 5) is 13.3. The second-order valence-electron chi connectivity index (χ2n) is 3.46. The van der Waals surface area contributed by atoms with E-state index in [0.29, 0.717) is 6.67 Å². The smallest absolute Gasteiger partial charge is 0.250 e. The number of nitrogens with two attached hydrogens (primary N) is 1. The van der Waals surface area contributed by atoms with E-state index < -0.39 is 0 Å². The monoisotopic (exact) mass is 206 g/mol. The second-order valence-corrected chi connectivity index (χ2v) is 3.46. The molecule has 5 heteroatoms. The van der Waals surface area contributed by atoms with Crippen LogP contribution in [0.2, 0.25) is 0 Å². The normalized spacial score (nSPS) is 14.9. The van der Waals surface area contributed by atoms with E-state index in [9.17, 15) is 4.79 Å². The van der Waals surface area contributed by atoms with Gasteiger partial charge in [0.15, 0.2) is 0 Å². The lowest BCUT2D eigenvalue weighted by atomic mass is 10.1. The minimum atomic E-state index is -0.0764. The van der Waals surface area contributed by atoms with Crippen LogP contribution in [0.4, 0.5) is 5.69 Å². The van der Waals surface area contributed by atoms with Gasteiger partial charge < -0.3 is 10.6 Å². The van der Waals surface area contributed by atoms with Gasteiger partial charge in [-0.1, -0.05) is 6.58 Å². The molecule has 0 fully saturated rings. The predicted octanol–water partition coefficient (Wildman–Crippen LogP) is 0.265. The summed E-state index contributed by atoms with van der Waals surface area (Å²) < 4.78 is 1.73. The van der Waals surface area contributed by atoms with E-state index in [1.165, 1.54) is 6.08 Å². The highest BCUT2D eigenvalue weighted by Gasteiger charge is 2.24. The molecule has 2 rings (SSSR count). The van der Waals surface area contributed by atoms with Crippen LogP contribution < -0.4 is 10.6 Å². The van der Waals surface area contributed by atoms with Crippen LogP contribution in [0.3, 0.4) is 0 Å². The lowest BCUT2D eigenvalue weighted by molar-refractivity contribution is -0.114. The van der Waals surface area contributed by atoms with Crippen LogP contribution in [0.1, 0.15) is 12.1 Å². The summed E-state index contributed by atoms with van der Waals surface area (Å²) >= 11 is 0. The first-order valence-corrected chi connectivity index (χ1v) is 4.96. The number of nitrogens with zero attached hydrogens (tertiary/aromatic N) is 3. The van der Waals surface area contributed by atoms with Gasteiger partial charge in [-0.25, -0.2) is 0 Å². The number of amides is 1. The molecule has 0 unspecified atom stereocenters. The van der Waals surface area contributed by atoms with Crippen molar-refractivity contribution < 1.29 is 4.79 Å². The molecule has 1 amide bonds. The summed E-state index contributed by atoms with van der Waals surface area (Å²) in [6, 6.07) is 0. The first-order valence-electron chi connectivity index (χ1n) is 4.96. The van der Waals surface area contributed by atoms with Crippen LogP contribution >= 0.6 is 0 Å². The number of anilines is 1. The molecule has 1 aliphatic heterocycles. The highest BCUT2D eigenvalue weighted by molar-refractivity contribution is 6.01. The fourth-order valence-corrected chi connectivity index (χ4v) is 1.90. The fraction of sp³-hybridized carbons (Fsp3) is 0.400. The Morgan fingerprint density at radius 1 is 1.73 bits per heavy atom. The zero-order chi connectivity index (χ0) is 10.8. The quantitative estimate of drug-likeness (QED) is 0.706. The number of hydrogen-bond donors (Lipinski definition) is 1. The van der Waals surface area contributed by atoms with E-state index in [-0.39, 0.29) is 5.91 Å². The molecule has 0 aliphatic carbocycles. The standard InChI is InChI=1S/C10H14N4O/c1-2-10(15)13-5-3-4-8-9(13)6-12-14(8)7-11/h2,6H,1,3-5,7,11H2. The van der Waals surface area contributed by atoms with Gasteiger partial charge in [0.2, 0.25) is 5.91 Å². The first kappa shape index (κ1) is 9.92. The molecule has 1 aromatic heterocycles. The minimum absolute atomic E-state index is 0.0764. The third-order valence-electron chi connectivity index (χ3n) is 2.63. The molecular weight excluding hydrogens is 192 g/mol. The van der Waals surface area contributed by atoms with Crippen molar-refractivity contribution in [1.29, 1.82) is 0 Å². The Kier molecular flexibility index (Phi) is 2.55. The second kappa shape index (κ2) is 3.86. The number of fused-ring (bicyclic) bond motifs is 1. The number of carbonyl (C=O) groups excluding carboxylic acids is 1. The van der Waals surface area contributed by atoms with Crippen LogP contribution in [0.15, 0.2) is 18.9 Å². The van der Waals surface area contributed by atoms with Gasteiger partial charge in [0, 0.05) is 6.54 Å². The Bertz CT molecular complexity index is 396. The molecule has 0 atom stereocenters. The topological polar surface area (TPSA) is 64.2 Å². The maximum atomic E-state index is 11.6. The lowest BCUT2D eigenvalue weighted by Gasteiger charge is -2.25. The predicted molar refractivity (Wildman–Crippen MR) is 57.3 cm³/mol. The molecule has 0 saturated carbocycles. The number of rotatable bonds is 2. The Morgan fingerprint density at radius 3 is 3.20 bits per heavy atom. The number of carbonyl (C=O) groups is 1.